The van der Waals surface area contributed by atoms with Crippen LogP contribution in [0.3, 0.4) is 0 Å². The fraction of sp³-hybridized carbons (Fsp3) is 0.375. The third kappa shape index (κ3) is 2.40. The Hall–Kier alpha value is -1.32. The van der Waals surface area contributed by atoms with Crippen LogP contribution in [-0.2, 0) is 18.4 Å². The molecule has 3 heteroatoms. The molecule has 3 rings (SSSR count). The molecule has 1 aromatic carbocycles. The summed E-state index contributed by atoms with van der Waals surface area (Å²) in [5, 5.41) is 13.0. The van der Waals surface area contributed by atoms with Crippen molar-refractivity contribution >= 4 is 11.3 Å². The van der Waals surface area contributed by atoms with Crippen LogP contribution in [-0.4, -0.2) is 12.2 Å². The molecule has 19 heavy (non-hydrogen) atoms. The van der Waals surface area contributed by atoms with Crippen LogP contribution in [0.1, 0.15) is 28.8 Å². The van der Waals surface area contributed by atoms with Gasteiger partial charge in [-0.2, -0.15) is 0 Å². The fourth-order valence-electron chi connectivity index (χ4n) is 2.85. The molecule has 2 nitrogen and oxygen atoms in total. The van der Waals surface area contributed by atoms with Gasteiger partial charge in [-0.15, -0.1) is 11.3 Å². The number of hydrogen-bond acceptors (Lipinski definition) is 3. The number of thiophene rings is 1. The standard InChI is InChI=1S/C16H18O2S/c1-18-13-5-4-12-6-8-16(17,15(12)11-13)9-7-14-3-2-10-19-14/h2-5,10-11,17H,6-9H2,1H3. The lowest BCUT2D eigenvalue weighted by atomic mass is 9.90. The molecule has 0 aliphatic heterocycles. The van der Waals surface area contributed by atoms with E-state index in [2.05, 4.69) is 23.6 Å². The van der Waals surface area contributed by atoms with E-state index in [9.17, 15) is 5.11 Å². The highest BCUT2D eigenvalue weighted by molar-refractivity contribution is 7.09. The van der Waals surface area contributed by atoms with E-state index < -0.39 is 5.60 Å². The minimum Gasteiger partial charge on any atom is -0.497 e. The van der Waals surface area contributed by atoms with Crippen molar-refractivity contribution in [2.45, 2.75) is 31.3 Å². The highest BCUT2D eigenvalue weighted by Gasteiger charge is 2.36. The normalized spacial score (nSPS) is 21.4. The Morgan fingerprint density at radius 1 is 1.37 bits per heavy atom. The number of aliphatic hydroxyl groups is 1. The van der Waals surface area contributed by atoms with E-state index in [0.29, 0.717) is 0 Å². The number of ether oxygens (including phenoxy) is 1. The zero-order chi connectivity index (χ0) is 13.3. The lowest BCUT2D eigenvalue weighted by molar-refractivity contribution is 0.0298. The fourth-order valence-corrected chi connectivity index (χ4v) is 3.56. The molecular formula is C16H18O2S. The summed E-state index contributed by atoms with van der Waals surface area (Å²) in [6.45, 7) is 0. The molecule has 0 saturated heterocycles. The van der Waals surface area contributed by atoms with Crippen molar-refractivity contribution in [3.63, 3.8) is 0 Å². The summed E-state index contributed by atoms with van der Waals surface area (Å²) in [5.74, 6) is 0.829. The minimum atomic E-state index is -0.687. The van der Waals surface area contributed by atoms with Gasteiger partial charge in [0.05, 0.1) is 12.7 Å². The topological polar surface area (TPSA) is 29.5 Å². The number of fused-ring (bicyclic) bond motifs is 1. The molecule has 0 radical (unpaired) electrons. The SMILES string of the molecule is COc1ccc2c(c1)C(O)(CCc1cccs1)CC2. The van der Waals surface area contributed by atoms with E-state index >= 15 is 0 Å². The van der Waals surface area contributed by atoms with Gasteiger partial charge in [0.15, 0.2) is 0 Å². The molecule has 0 bridgehead atoms. The second kappa shape index (κ2) is 4.99. The Balaban J connectivity index is 1.82. The van der Waals surface area contributed by atoms with Crippen LogP contribution in [0.15, 0.2) is 35.7 Å². The second-order valence-electron chi connectivity index (χ2n) is 5.13. The van der Waals surface area contributed by atoms with Gasteiger partial charge in [-0.05, 0) is 60.4 Å². The Morgan fingerprint density at radius 2 is 2.26 bits per heavy atom. The summed E-state index contributed by atoms with van der Waals surface area (Å²) < 4.78 is 5.27. The maximum atomic E-state index is 10.9. The maximum Gasteiger partial charge on any atom is 0.119 e. The van der Waals surface area contributed by atoms with Crippen LogP contribution >= 0.6 is 11.3 Å². The Bertz CT molecular complexity index is 562. The summed E-state index contributed by atoms with van der Waals surface area (Å²) in [5.41, 5.74) is 1.63. The van der Waals surface area contributed by atoms with Gasteiger partial charge in [-0.25, -0.2) is 0 Å². The van der Waals surface area contributed by atoms with Gasteiger partial charge >= 0.3 is 0 Å². The van der Waals surface area contributed by atoms with Crippen LogP contribution in [0.5, 0.6) is 5.75 Å². The minimum absolute atomic E-state index is 0.687. The zero-order valence-electron chi connectivity index (χ0n) is 11.1. The molecule has 0 spiro atoms. The highest BCUT2D eigenvalue weighted by atomic mass is 32.1. The monoisotopic (exact) mass is 274 g/mol. The Morgan fingerprint density at radius 3 is 3.00 bits per heavy atom. The van der Waals surface area contributed by atoms with E-state index in [1.165, 1.54) is 10.4 Å². The Kier molecular flexibility index (Phi) is 3.33. The van der Waals surface area contributed by atoms with Gasteiger partial charge in [-0.3, -0.25) is 0 Å². The van der Waals surface area contributed by atoms with E-state index in [1.807, 2.05) is 12.1 Å². The number of rotatable bonds is 4. The summed E-state index contributed by atoms with van der Waals surface area (Å²) in [6.07, 6.45) is 3.50. The number of aryl methyl sites for hydroxylation is 2. The molecule has 2 aromatic rings. The van der Waals surface area contributed by atoms with Crippen molar-refractivity contribution in [2.75, 3.05) is 7.11 Å². The van der Waals surface area contributed by atoms with Crippen LogP contribution in [0.2, 0.25) is 0 Å². The zero-order valence-corrected chi connectivity index (χ0v) is 11.9. The summed E-state index contributed by atoms with van der Waals surface area (Å²) in [4.78, 5) is 1.34. The average Bonchev–Trinajstić information content (AvgIpc) is 3.05. The molecule has 0 saturated carbocycles. The van der Waals surface area contributed by atoms with E-state index in [4.69, 9.17) is 4.74 Å². The van der Waals surface area contributed by atoms with Gasteiger partial charge < -0.3 is 9.84 Å². The highest BCUT2D eigenvalue weighted by Crippen LogP contribution is 2.41. The van der Waals surface area contributed by atoms with Gasteiger partial charge in [0, 0.05) is 4.88 Å². The predicted octanol–water partition coefficient (Wildman–Crippen LogP) is 3.52. The second-order valence-corrected chi connectivity index (χ2v) is 6.17. The van der Waals surface area contributed by atoms with Gasteiger partial charge in [0.25, 0.3) is 0 Å². The molecule has 1 atom stereocenters. The van der Waals surface area contributed by atoms with Crippen molar-refractivity contribution in [3.05, 3.63) is 51.7 Å². The van der Waals surface area contributed by atoms with E-state index in [1.54, 1.807) is 18.4 Å². The Labute approximate surface area is 117 Å². The van der Waals surface area contributed by atoms with Gasteiger partial charge in [0.2, 0.25) is 0 Å². The quantitative estimate of drug-likeness (QED) is 0.924. The van der Waals surface area contributed by atoms with Crippen molar-refractivity contribution in [2.24, 2.45) is 0 Å². The predicted molar refractivity (Wildman–Crippen MR) is 77.9 cm³/mol. The first kappa shape index (κ1) is 12.7. The van der Waals surface area contributed by atoms with Crippen molar-refractivity contribution in [3.8, 4) is 5.75 Å². The average molecular weight is 274 g/mol. The van der Waals surface area contributed by atoms with Crippen molar-refractivity contribution < 1.29 is 9.84 Å². The van der Waals surface area contributed by atoms with Gasteiger partial charge in [0.1, 0.15) is 5.75 Å². The molecule has 1 aromatic heterocycles. The van der Waals surface area contributed by atoms with Crippen molar-refractivity contribution in [1.82, 2.24) is 0 Å². The third-order valence-electron chi connectivity index (χ3n) is 3.99. The smallest absolute Gasteiger partial charge is 0.119 e. The molecule has 1 aliphatic carbocycles. The maximum absolute atomic E-state index is 10.9. The molecular weight excluding hydrogens is 256 g/mol. The van der Waals surface area contributed by atoms with Crippen LogP contribution in [0, 0.1) is 0 Å². The molecule has 1 aliphatic rings. The van der Waals surface area contributed by atoms with E-state index in [-0.39, 0.29) is 0 Å². The number of hydrogen-bond donors (Lipinski definition) is 1. The molecule has 0 fully saturated rings. The lowest BCUT2D eigenvalue weighted by Crippen LogP contribution is -2.23. The summed E-state index contributed by atoms with van der Waals surface area (Å²) in [6, 6.07) is 10.3. The number of methoxy groups -OCH3 is 1. The van der Waals surface area contributed by atoms with Gasteiger partial charge in [-0.1, -0.05) is 12.1 Å². The first-order valence-corrected chi connectivity index (χ1v) is 7.51. The molecule has 1 unspecified atom stereocenters. The number of benzene rings is 1. The molecule has 1 heterocycles. The van der Waals surface area contributed by atoms with Crippen LogP contribution < -0.4 is 4.74 Å². The largest absolute Gasteiger partial charge is 0.497 e. The van der Waals surface area contributed by atoms with Crippen LogP contribution in [0.4, 0.5) is 0 Å². The third-order valence-corrected chi connectivity index (χ3v) is 4.93. The summed E-state index contributed by atoms with van der Waals surface area (Å²) >= 11 is 1.76. The first-order chi connectivity index (χ1) is 9.21. The van der Waals surface area contributed by atoms with Crippen LogP contribution in [0.25, 0.3) is 0 Å². The van der Waals surface area contributed by atoms with E-state index in [0.717, 1.165) is 37.0 Å². The first-order valence-electron chi connectivity index (χ1n) is 6.63. The van der Waals surface area contributed by atoms with Crippen molar-refractivity contribution in [1.29, 1.82) is 0 Å². The lowest BCUT2D eigenvalue weighted by Gasteiger charge is -2.24. The summed E-state index contributed by atoms with van der Waals surface area (Å²) in [7, 11) is 1.67. The molecule has 1 N–H and O–H groups in total. The molecule has 0 amide bonds. The molecule has 100 valence electrons.